The molecule has 2 aromatic carbocycles. The fourth-order valence-electron chi connectivity index (χ4n) is 3.99. The molecule has 152 valence electrons. The quantitative estimate of drug-likeness (QED) is 0.293. The van der Waals surface area contributed by atoms with E-state index < -0.39 is 0 Å². The number of allylic oxidation sites excluding steroid dienone is 2. The van der Waals surface area contributed by atoms with Crippen molar-refractivity contribution < 1.29 is 4.79 Å². The van der Waals surface area contributed by atoms with Gasteiger partial charge in [0.2, 0.25) is 0 Å². The smallest absolute Gasteiger partial charge is 0.155 e. The predicted octanol–water partition coefficient (Wildman–Crippen LogP) is 5.98. The van der Waals surface area contributed by atoms with E-state index in [-0.39, 0.29) is 0 Å². The first-order valence-corrected chi connectivity index (χ1v) is 10.5. The van der Waals surface area contributed by atoms with Crippen molar-refractivity contribution in [3.8, 4) is 0 Å². The van der Waals surface area contributed by atoms with E-state index in [0.717, 1.165) is 45.5 Å². The molecule has 0 amide bonds. The monoisotopic (exact) mass is 405 g/mol. The molecule has 0 aliphatic heterocycles. The highest BCUT2D eigenvalue weighted by Gasteiger charge is 2.29. The molecule has 0 unspecified atom stereocenters. The highest BCUT2D eigenvalue weighted by atomic mass is 16.1. The highest BCUT2D eigenvalue weighted by Crippen LogP contribution is 2.43. The van der Waals surface area contributed by atoms with Crippen LogP contribution in [0.3, 0.4) is 0 Å². The number of aldehydes is 1. The highest BCUT2D eigenvalue weighted by molar-refractivity contribution is 6.10. The summed E-state index contributed by atoms with van der Waals surface area (Å²) in [6, 6.07) is 19.8. The van der Waals surface area contributed by atoms with Gasteiger partial charge in [-0.25, -0.2) is 9.50 Å². The average Bonchev–Trinajstić information content (AvgIpc) is 3.57. The van der Waals surface area contributed by atoms with E-state index in [1.165, 1.54) is 18.5 Å². The van der Waals surface area contributed by atoms with Crippen LogP contribution in [0.5, 0.6) is 0 Å². The Morgan fingerprint density at radius 1 is 1.06 bits per heavy atom. The van der Waals surface area contributed by atoms with Gasteiger partial charge in [0.05, 0.1) is 11.4 Å². The van der Waals surface area contributed by atoms with Crippen LogP contribution in [0.25, 0.3) is 22.9 Å². The molecule has 1 fully saturated rings. The van der Waals surface area contributed by atoms with Gasteiger partial charge in [0, 0.05) is 29.3 Å². The van der Waals surface area contributed by atoms with E-state index in [9.17, 15) is 4.79 Å². The number of fused-ring (bicyclic) bond motifs is 1. The molecule has 4 aromatic rings. The summed E-state index contributed by atoms with van der Waals surface area (Å²) in [5.74, 6) is 0.508. The lowest BCUT2D eigenvalue weighted by Gasteiger charge is -2.14. The fraction of sp³-hybridized carbons (Fsp3) is 0.148. The third kappa shape index (κ3) is 3.73. The molecular formula is C27H23N3O. The van der Waals surface area contributed by atoms with Gasteiger partial charge >= 0.3 is 0 Å². The van der Waals surface area contributed by atoms with Crippen LogP contribution in [0.4, 0.5) is 0 Å². The fourth-order valence-corrected chi connectivity index (χ4v) is 3.99. The number of nitrogens with zero attached hydrogens (tertiary/aromatic N) is 3. The molecule has 1 aliphatic rings. The number of rotatable bonds is 6. The molecule has 0 radical (unpaired) electrons. The van der Waals surface area contributed by atoms with Crippen LogP contribution in [0.1, 0.15) is 57.2 Å². The zero-order valence-electron chi connectivity index (χ0n) is 17.5. The number of aromatic nitrogens is 3. The van der Waals surface area contributed by atoms with Crippen molar-refractivity contribution in [1.29, 1.82) is 0 Å². The van der Waals surface area contributed by atoms with Crippen LogP contribution in [0.2, 0.25) is 0 Å². The van der Waals surface area contributed by atoms with Crippen LogP contribution in [0, 0.1) is 6.92 Å². The van der Waals surface area contributed by atoms with Gasteiger partial charge in [-0.3, -0.25) is 4.79 Å². The van der Waals surface area contributed by atoms with E-state index in [2.05, 4.69) is 29.8 Å². The van der Waals surface area contributed by atoms with E-state index in [1.54, 1.807) is 0 Å². The summed E-state index contributed by atoms with van der Waals surface area (Å²) in [7, 11) is 0. The van der Waals surface area contributed by atoms with Gasteiger partial charge < -0.3 is 0 Å². The Morgan fingerprint density at radius 2 is 1.81 bits per heavy atom. The van der Waals surface area contributed by atoms with Crippen molar-refractivity contribution >= 4 is 29.2 Å². The first-order valence-electron chi connectivity index (χ1n) is 10.5. The summed E-state index contributed by atoms with van der Waals surface area (Å²) in [4.78, 5) is 15.7. The molecular weight excluding hydrogens is 382 g/mol. The van der Waals surface area contributed by atoms with Crippen molar-refractivity contribution in [2.24, 2.45) is 0 Å². The Balaban J connectivity index is 1.67. The van der Waals surface area contributed by atoms with E-state index in [1.807, 2.05) is 66.2 Å². The Labute approximate surface area is 181 Å². The predicted molar refractivity (Wildman–Crippen MR) is 125 cm³/mol. The van der Waals surface area contributed by atoms with Gasteiger partial charge in [0.1, 0.15) is 6.29 Å². The minimum Gasteiger partial charge on any atom is -0.298 e. The number of hydrogen-bond donors (Lipinski definition) is 0. The summed E-state index contributed by atoms with van der Waals surface area (Å²) < 4.78 is 2.00. The second kappa shape index (κ2) is 7.80. The Morgan fingerprint density at radius 3 is 2.48 bits per heavy atom. The summed E-state index contributed by atoms with van der Waals surface area (Å²) in [5.41, 5.74) is 8.82. The molecule has 2 heterocycles. The van der Waals surface area contributed by atoms with Gasteiger partial charge in [0.25, 0.3) is 0 Å². The maximum absolute atomic E-state index is 11.1. The van der Waals surface area contributed by atoms with E-state index in [4.69, 9.17) is 5.10 Å². The van der Waals surface area contributed by atoms with Crippen LogP contribution < -0.4 is 0 Å². The maximum Gasteiger partial charge on any atom is 0.155 e. The second-order valence-corrected chi connectivity index (χ2v) is 8.07. The van der Waals surface area contributed by atoms with Crippen molar-refractivity contribution in [3.05, 3.63) is 107 Å². The number of hydrogen-bond acceptors (Lipinski definition) is 3. The number of carbonyl (C=O) groups is 1. The zero-order valence-corrected chi connectivity index (χ0v) is 17.5. The summed E-state index contributed by atoms with van der Waals surface area (Å²) in [6.07, 6.45) is 7.34. The molecule has 2 aromatic heterocycles. The van der Waals surface area contributed by atoms with Gasteiger partial charge in [0.15, 0.2) is 5.65 Å². The molecule has 1 saturated carbocycles. The van der Waals surface area contributed by atoms with Crippen LogP contribution in [-0.4, -0.2) is 20.9 Å². The van der Waals surface area contributed by atoms with Gasteiger partial charge in [-0.05, 0) is 48.1 Å². The summed E-state index contributed by atoms with van der Waals surface area (Å²) in [5, 5.41) is 4.71. The largest absolute Gasteiger partial charge is 0.298 e. The third-order valence-corrected chi connectivity index (χ3v) is 5.74. The lowest BCUT2D eigenvalue weighted by atomic mass is 9.91. The molecule has 0 spiro atoms. The topological polar surface area (TPSA) is 47.3 Å². The Hall–Kier alpha value is -3.79. The molecule has 0 atom stereocenters. The Bertz CT molecular complexity index is 1310. The van der Waals surface area contributed by atoms with Crippen molar-refractivity contribution in [2.45, 2.75) is 25.7 Å². The third-order valence-electron chi connectivity index (χ3n) is 5.74. The normalized spacial score (nSPS) is 14.0. The van der Waals surface area contributed by atoms with Gasteiger partial charge in [-0.2, -0.15) is 5.10 Å². The first kappa shape index (κ1) is 19.2. The SMILES string of the molecule is C=C(C(=Cc1cnc2cc(C)nn2c1C1CC1)c1ccccc1)c1ccc(C=O)cc1. The molecule has 5 rings (SSSR count). The second-order valence-electron chi connectivity index (χ2n) is 8.07. The van der Waals surface area contributed by atoms with Gasteiger partial charge in [-0.1, -0.05) is 61.2 Å². The number of benzene rings is 2. The minimum absolute atomic E-state index is 0.508. The standard InChI is InChI=1S/C27H23N3O/c1-18-14-26-28-16-24(27(23-12-13-23)30(26)29-18)15-25(22-6-4-3-5-7-22)19(2)21-10-8-20(17-31)9-11-21/h3-11,14-17,23H,2,12-13H2,1H3. The summed E-state index contributed by atoms with van der Waals surface area (Å²) >= 11 is 0. The van der Waals surface area contributed by atoms with E-state index in [0.29, 0.717) is 11.5 Å². The van der Waals surface area contributed by atoms with Crippen molar-refractivity contribution in [2.75, 3.05) is 0 Å². The van der Waals surface area contributed by atoms with Crippen LogP contribution in [0.15, 0.2) is 73.4 Å². The van der Waals surface area contributed by atoms with Gasteiger partial charge in [-0.15, -0.1) is 0 Å². The molecule has 31 heavy (non-hydrogen) atoms. The lowest BCUT2D eigenvalue weighted by Crippen LogP contribution is -2.03. The molecule has 1 aliphatic carbocycles. The molecule has 4 nitrogen and oxygen atoms in total. The molecule has 4 heteroatoms. The Kier molecular flexibility index (Phi) is 4.83. The van der Waals surface area contributed by atoms with E-state index >= 15 is 0 Å². The van der Waals surface area contributed by atoms with Crippen molar-refractivity contribution in [3.63, 3.8) is 0 Å². The molecule has 0 saturated heterocycles. The zero-order chi connectivity index (χ0) is 21.4. The molecule has 0 bridgehead atoms. The van der Waals surface area contributed by atoms with Crippen LogP contribution >= 0.6 is 0 Å². The summed E-state index contributed by atoms with van der Waals surface area (Å²) in [6.45, 7) is 6.41. The minimum atomic E-state index is 0.508. The number of carbonyl (C=O) groups excluding carboxylic acids is 1. The maximum atomic E-state index is 11.1. The molecule has 0 N–H and O–H groups in total. The average molecular weight is 406 g/mol. The lowest BCUT2D eigenvalue weighted by molar-refractivity contribution is 0.112. The first-order chi connectivity index (χ1) is 15.1. The van der Waals surface area contributed by atoms with Crippen LogP contribution in [-0.2, 0) is 0 Å². The van der Waals surface area contributed by atoms with Crippen molar-refractivity contribution in [1.82, 2.24) is 14.6 Å². The number of aryl methyl sites for hydroxylation is 1.